The van der Waals surface area contributed by atoms with E-state index >= 15 is 0 Å². The molecule has 3 aromatic heterocycles. The van der Waals surface area contributed by atoms with Crippen LogP contribution in [0, 0.1) is 6.92 Å². The summed E-state index contributed by atoms with van der Waals surface area (Å²) in [5.41, 5.74) is 2.62. The van der Waals surface area contributed by atoms with Crippen LogP contribution >= 0.6 is 11.6 Å². The third-order valence-corrected chi connectivity index (χ3v) is 7.03. The van der Waals surface area contributed by atoms with E-state index in [0.29, 0.717) is 33.5 Å². The van der Waals surface area contributed by atoms with Gasteiger partial charge in [-0.05, 0) is 77.4 Å². The summed E-state index contributed by atoms with van der Waals surface area (Å²) < 4.78 is 10.5. The number of halogens is 1. The van der Waals surface area contributed by atoms with E-state index in [0.717, 1.165) is 5.56 Å². The van der Waals surface area contributed by atoms with Crippen LogP contribution in [-0.2, 0) is 11.8 Å². The molecule has 1 atom stereocenters. The summed E-state index contributed by atoms with van der Waals surface area (Å²) in [6.07, 6.45) is 2.76. The van der Waals surface area contributed by atoms with E-state index in [1.54, 1.807) is 61.6 Å². The maximum absolute atomic E-state index is 14.2. The summed E-state index contributed by atoms with van der Waals surface area (Å²) in [5, 5.41) is 0.575. The first-order chi connectivity index (χ1) is 18.8. The first-order valence-electron chi connectivity index (χ1n) is 13.1. The van der Waals surface area contributed by atoms with Crippen LogP contribution in [0.1, 0.15) is 74.0 Å². The van der Waals surface area contributed by atoms with E-state index in [2.05, 4.69) is 0 Å². The van der Waals surface area contributed by atoms with Crippen molar-refractivity contribution in [2.45, 2.75) is 59.2 Å². The molecule has 4 heterocycles. The van der Waals surface area contributed by atoms with Gasteiger partial charge in [0.2, 0.25) is 0 Å². The number of hydrogen-bond donors (Lipinski definition) is 0. The average Bonchev–Trinajstić information content (AvgIpc) is 3.55. The van der Waals surface area contributed by atoms with Crippen molar-refractivity contribution >= 4 is 29.3 Å². The molecule has 40 heavy (non-hydrogen) atoms. The van der Waals surface area contributed by atoms with E-state index in [4.69, 9.17) is 21.3 Å². The summed E-state index contributed by atoms with van der Waals surface area (Å²) >= 11 is 6.22. The van der Waals surface area contributed by atoms with Crippen LogP contribution in [0.25, 0.3) is 11.5 Å². The highest BCUT2D eigenvalue weighted by Gasteiger charge is 2.45. The number of hydrogen-bond acceptors (Lipinski definition) is 5. The second-order valence-electron chi connectivity index (χ2n) is 11.3. The van der Waals surface area contributed by atoms with Gasteiger partial charge >= 0.3 is 6.09 Å². The van der Waals surface area contributed by atoms with Crippen molar-refractivity contribution in [3.8, 4) is 11.5 Å². The Hall–Kier alpha value is -4.11. The second kappa shape index (κ2) is 9.82. The summed E-state index contributed by atoms with van der Waals surface area (Å²) in [5.74, 6) is 0.184. The molecule has 0 fully saturated rings. The number of rotatable bonds is 4. The molecule has 1 aliphatic heterocycles. The number of nitrogens with zero attached hydrogens (tertiary/aromatic N) is 5. The number of carbonyl (C=O) groups is 2. The highest BCUT2D eigenvalue weighted by atomic mass is 35.5. The lowest BCUT2D eigenvalue weighted by Gasteiger charge is -2.29. The van der Waals surface area contributed by atoms with Crippen molar-refractivity contribution in [2.75, 3.05) is 4.90 Å². The molecule has 1 aliphatic rings. The largest absolute Gasteiger partial charge is 0.443 e. The molecule has 0 bridgehead atoms. The smallest absolute Gasteiger partial charge is 0.419 e. The molecule has 0 N–H and O–H groups in total. The van der Waals surface area contributed by atoms with Gasteiger partial charge in [0.15, 0.2) is 11.5 Å². The predicted octanol–water partition coefficient (Wildman–Crippen LogP) is 6.13. The molecule has 1 unspecified atom stereocenters. The number of carbonyl (C=O) groups excluding carboxylic acids is 2. The van der Waals surface area contributed by atoms with Gasteiger partial charge in [-0.3, -0.25) is 14.5 Å². The topological polar surface area (TPSA) is 91.4 Å². The van der Waals surface area contributed by atoms with E-state index in [-0.39, 0.29) is 23.2 Å². The maximum Gasteiger partial charge on any atom is 0.419 e. The Morgan fingerprint density at radius 3 is 2.38 bits per heavy atom. The van der Waals surface area contributed by atoms with Gasteiger partial charge < -0.3 is 13.9 Å². The Kier molecular flexibility index (Phi) is 6.74. The summed E-state index contributed by atoms with van der Waals surface area (Å²) in [7, 11) is 1.67. The lowest BCUT2D eigenvalue weighted by atomic mass is 10.0. The van der Waals surface area contributed by atoms with Crippen LogP contribution in [0.15, 0.2) is 59.7 Å². The number of aryl methyl sites for hydroxylation is 2. The minimum absolute atomic E-state index is 0.113. The van der Waals surface area contributed by atoms with Crippen LogP contribution in [0.5, 0.6) is 0 Å². The van der Waals surface area contributed by atoms with Crippen LogP contribution < -0.4 is 10.5 Å². The third-order valence-electron chi connectivity index (χ3n) is 6.78. The molecule has 5 rings (SSSR count). The van der Waals surface area contributed by atoms with Crippen LogP contribution in [0.3, 0.4) is 0 Å². The van der Waals surface area contributed by atoms with Crippen LogP contribution in [0.2, 0.25) is 5.02 Å². The van der Waals surface area contributed by atoms with Gasteiger partial charge in [-0.2, -0.15) is 0 Å². The molecular weight excluding hydrogens is 530 g/mol. The molecule has 10 heteroatoms. The monoisotopic (exact) mass is 561 g/mol. The van der Waals surface area contributed by atoms with Crippen molar-refractivity contribution in [1.29, 1.82) is 0 Å². The molecule has 1 amide bonds. The Morgan fingerprint density at radius 2 is 1.77 bits per heavy atom. The number of ether oxygens (including phenoxy) is 1. The van der Waals surface area contributed by atoms with E-state index < -0.39 is 17.7 Å². The fourth-order valence-electron chi connectivity index (χ4n) is 5.16. The quantitative estimate of drug-likeness (QED) is 0.299. The molecule has 0 radical (unpaired) electrons. The Morgan fingerprint density at radius 1 is 1.10 bits per heavy atom. The van der Waals surface area contributed by atoms with Gasteiger partial charge in [0, 0.05) is 36.1 Å². The molecule has 0 aliphatic carbocycles. The number of imidazole rings is 1. The number of pyridine rings is 1. The normalized spacial score (nSPS) is 15.2. The molecule has 4 aromatic rings. The SMILES string of the molecule is Cc1cc(N2C(=O)c3nc(-c4cccn4C(=O)OC(C)(C)C)n(C(C)C)c3C2c2ccc(Cl)cc2)cn(C)c1=O. The van der Waals surface area contributed by atoms with Gasteiger partial charge in [-0.1, -0.05) is 23.7 Å². The van der Waals surface area contributed by atoms with Crippen LogP contribution in [-0.4, -0.2) is 36.3 Å². The van der Waals surface area contributed by atoms with Gasteiger partial charge in [0.05, 0.1) is 17.1 Å². The lowest BCUT2D eigenvalue weighted by Crippen LogP contribution is -2.32. The first kappa shape index (κ1) is 27.5. The van der Waals surface area contributed by atoms with Gasteiger partial charge in [0.1, 0.15) is 11.6 Å². The van der Waals surface area contributed by atoms with Crippen molar-refractivity contribution in [3.05, 3.63) is 92.7 Å². The summed E-state index contributed by atoms with van der Waals surface area (Å²) in [6.45, 7) is 11.2. The van der Waals surface area contributed by atoms with E-state index in [1.165, 1.54) is 9.13 Å². The Balaban J connectivity index is 1.74. The molecule has 1 aromatic carbocycles. The fraction of sp³-hybridized carbons (Fsp3) is 0.333. The number of benzene rings is 1. The van der Waals surface area contributed by atoms with E-state index in [9.17, 15) is 14.4 Å². The Bertz CT molecular complexity index is 1660. The number of amides is 1. The molecule has 0 saturated carbocycles. The minimum Gasteiger partial charge on any atom is -0.443 e. The second-order valence-corrected chi connectivity index (χ2v) is 11.7. The lowest BCUT2D eigenvalue weighted by molar-refractivity contribution is 0.0539. The van der Waals surface area contributed by atoms with Gasteiger partial charge in [-0.15, -0.1) is 0 Å². The van der Waals surface area contributed by atoms with E-state index in [1.807, 2.05) is 51.3 Å². The zero-order chi connectivity index (χ0) is 29.1. The predicted molar refractivity (Wildman–Crippen MR) is 154 cm³/mol. The standard InChI is InChI=1S/C30H32ClN5O4/c1-17(2)35-25-23(32-26(35)22-9-8-14-34(22)29(39)40-30(4,5)6)28(38)36(21-15-18(3)27(37)33(7)16-21)24(25)19-10-12-20(31)13-11-19/h8-17,24H,1-7H3. The molecule has 0 spiro atoms. The highest BCUT2D eigenvalue weighted by molar-refractivity contribution is 6.30. The van der Waals surface area contributed by atoms with Crippen molar-refractivity contribution in [2.24, 2.45) is 7.05 Å². The maximum atomic E-state index is 14.2. The molecule has 9 nitrogen and oxygen atoms in total. The zero-order valence-corrected chi connectivity index (χ0v) is 24.4. The van der Waals surface area contributed by atoms with Crippen molar-refractivity contribution in [1.82, 2.24) is 18.7 Å². The molecular formula is C30H32ClN5O4. The molecule has 208 valence electrons. The van der Waals surface area contributed by atoms with Crippen molar-refractivity contribution < 1.29 is 14.3 Å². The third kappa shape index (κ3) is 4.64. The summed E-state index contributed by atoms with van der Waals surface area (Å²) in [4.78, 5) is 46.2. The fourth-order valence-corrected chi connectivity index (χ4v) is 5.29. The van der Waals surface area contributed by atoms with Gasteiger partial charge in [-0.25, -0.2) is 14.3 Å². The number of anilines is 1. The first-order valence-corrected chi connectivity index (χ1v) is 13.5. The van der Waals surface area contributed by atoms with Crippen molar-refractivity contribution in [3.63, 3.8) is 0 Å². The zero-order valence-electron chi connectivity index (χ0n) is 23.6. The Labute approximate surface area is 237 Å². The molecule has 0 saturated heterocycles. The van der Waals surface area contributed by atoms with Crippen LogP contribution in [0.4, 0.5) is 10.5 Å². The highest BCUT2D eigenvalue weighted by Crippen LogP contribution is 2.44. The minimum atomic E-state index is -0.683. The van der Waals surface area contributed by atoms with Gasteiger partial charge in [0.25, 0.3) is 11.5 Å². The number of fused-ring (bicyclic) bond motifs is 1. The summed E-state index contributed by atoms with van der Waals surface area (Å²) in [6, 6.07) is 11.9. The average molecular weight is 562 g/mol. The number of aromatic nitrogens is 4.